The SMILES string of the molecule is CN(C)CCOc1ccc2c(c1C(O)O)OB(O)CC2. The van der Waals surface area contributed by atoms with E-state index in [1.807, 2.05) is 25.1 Å². The van der Waals surface area contributed by atoms with Crippen LogP contribution in [0, 0.1) is 0 Å². The number of nitrogens with zero attached hydrogens (tertiary/aromatic N) is 1. The van der Waals surface area contributed by atoms with E-state index in [2.05, 4.69) is 0 Å². The van der Waals surface area contributed by atoms with E-state index in [1.54, 1.807) is 6.07 Å². The fraction of sp³-hybridized carbons (Fsp3) is 0.538. The Morgan fingerprint density at radius 2 is 2.15 bits per heavy atom. The molecule has 0 aromatic heterocycles. The summed E-state index contributed by atoms with van der Waals surface area (Å²) in [5.74, 6) is 0.691. The molecule has 2 rings (SSSR count). The third kappa shape index (κ3) is 3.43. The summed E-state index contributed by atoms with van der Waals surface area (Å²) in [6, 6.07) is 3.54. The number of rotatable bonds is 5. The first kappa shape index (κ1) is 15.1. The minimum absolute atomic E-state index is 0.181. The summed E-state index contributed by atoms with van der Waals surface area (Å²) < 4.78 is 10.9. The average Bonchev–Trinajstić information content (AvgIpc) is 2.37. The number of aryl methyl sites for hydroxylation is 1. The summed E-state index contributed by atoms with van der Waals surface area (Å²) >= 11 is 0. The lowest BCUT2D eigenvalue weighted by Gasteiger charge is -2.25. The second-order valence-corrected chi connectivity index (χ2v) is 5.10. The maximum atomic E-state index is 9.57. The van der Waals surface area contributed by atoms with Crippen LogP contribution in [-0.2, 0) is 6.42 Å². The van der Waals surface area contributed by atoms with Crippen LogP contribution in [0.3, 0.4) is 0 Å². The summed E-state index contributed by atoms with van der Waals surface area (Å²) in [6.45, 7) is 1.13. The molecule has 0 aliphatic carbocycles. The molecule has 0 spiro atoms. The summed E-state index contributed by atoms with van der Waals surface area (Å²) in [4.78, 5) is 1.97. The Bertz CT molecular complexity index is 466. The zero-order valence-electron chi connectivity index (χ0n) is 11.7. The summed E-state index contributed by atoms with van der Waals surface area (Å²) in [7, 11) is 2.94. The van der Waals surface area contributed by atoms with Gasteiger partial charge in [0.15, 0.2) is 6.29 Å². The molecule has 7 heteroatoms. The third-order valence-corrected chi connectivity index (χ3v) is 3.21. The van der Waals surface area contributed by atoms with Crippen molar-refractivity contribution in [2.45, 2.75) is 19.0 Å². The Balaban J connectivity index is 2.25. The normalized spacial score (nSPS) is 14.4. The van der Waals surface area contributed by atoms with Crippen molar-refractivity contribution in [3.8, 4) is 11.5 Å². The van der Waals surface area contributed by atoms with Gasteiger partial charge < -0.3 is 29.5 Å². The molecule has 1 aliphatic heterocycles. The van der Waals surface area contributed by atoms with E-state index in [1.165, 1.54) is 0 Å². The van der Waals surface area contributed by atoms with Gasteiger partial charge in [0.05, 0.1) is 5.56 Å². The Kier molecular flexibility index (Phi) is 4.88. The molecule has 1 heterocycles. The van der Waals surface area contributed by atoms with Gasteiger partial charge in [-0.15, -0.1) is 0 Å². The van der Waals surface area contributed by atoms with E-state index in [0.29, 0.717) is 37.4 Å². The van der Waals surface area contributed by atoms with E-state index in [0.717, 1.165) is 5.56 Å². The fourth-order valence-corrected chi connectivity index (χ4v) is 2.15. The van der Waals surface area contributed by atoms with E-state index in [4.69, 9.17) is 9.39 Å². The topological polar surface area (TPSA) is 82.4 Å². The molecule has 3 N–H and O–H groups in total. The van der Waals surface area contributed by atoms with Gasteiger partial charge in [-0.2, -0.15) is 0 Å². The molecule has 0 radical (unpaired) electrons. The summed E-state index contributed by atoms with van der Waals surface area (Å²) in [6.07, 6.45) is -0.576. The molecule has 0 fully saturated rings. The van der Waals surface area contributed by atoms with Gasteiger partial charge in [0.25, 0.3) is 0 Å². The predicted molar refractivity (Wildman–Crippen MR) is 74.8 cm³/mol. The quantitative estimate of drug-likeness (QED) is 0.521. The van der Waals surface area contributed by atoms with E-state index in [-0.39, 0.29) is 5.56 Å². The second-order valence-electron chi connectivity index (χ2n) is 5.10. The molecule has 0 saturated carbocycles. The highest BCUT2D eigenvalue weighted by Gasteiger charge is 2.29. The third-order valence-electron chi connectivity index (χ3n) is 3.21. The van der Waals surface area contributed by atoms with Crippen LogP contribution in [0.1, 0.15) is 17.4 Å². The largest absolute Gasteiger partial charge is 0.535 e. The standard InChI is InChI=1S/C13H20BNO5/c1-15(2)7-8-19-10-4-3-9-5-6-14(18)20-12(9)11(10)13(16)17/h3-4,13,16-18H,5-8H2,1-2H3. The Morgan fingerprint density at radius 1 is 1.40 bits per heavy atom. The molecule has 6 nitrogen and oxygen atoms in total. The van der Waals surface area contributed by atoms with Crippen LogP contribution in [0.2, 0.25) is 6.32 Å². The molecule has 0 amide bonds. The van der Waals surface area contributed by atoms with Crippen LogP contribution in [0.4, 0.5) is 0 Å². The second kappa shape index (κ2) is 6.45. The van der Waals surface area contributed by atoms with Crippen molar-refractivity contribution in [1.82, 2.24) is 4.90 Å². The zero-order valence-corrected chi connectivity index (χ0v) is 11.7. The molecule has 0 atom stereocenters. The summed E-state index contributed by atoms with van der Waals surface area (Å²) in [5, 5.41) is 28.7. The molecule has 1 aromatic carbocycles. The van der Waals surface area contributed by atoms with Gasteiger partial charge in [-0.3, -0.25) is 0 Å². The van der Waals surface area contributed by atoms with E-state index in [9.17, 15) is 15.2 Å². The highest BCUT2D eigenvalue weighted by molar-refractivity contribution is 6.44. The highest BCUT2D eigenvalue weighted by Crippen LogP contribution is 2.39. The molecule has 1 aliphatic rings. The lowest BCUT2D eigenvalue weighted by Crippen LogP contribution is -2.28. The van der Waals surface area contributed by atoms with Gasteiger partial charge in [0.1, 0.15) is 18.1 Å². The lowest BCUT2D eigenvalue weighted by atomic mass is 9.78. The number of benzene rings is 1. The molecule has 0 unspecified atom stereocenters. The van der Waals surface area contributed by atoms with Crippen molar-refractivity contribution in [2.24, 2.45) is 0 Å². The number of aliphatic hydroxyl groups is 2. The number of fused-ring (bicyclic) bond motifs is 1. The van der Waals surface area contributed by atoms with Crippen molar-refractivity contribution in [1.29, 1.82) is 0 Å². The average molecular weight is 281 g/mol. The van der Waals surface area contributed by atoms with Gasteiger partial charge in [0.2, 0.25) is 0 Å². The smallest absolute Gasteiger partial charge is 0.522 e. The first-order valence-electron chi connectivity index (χ1n) is 6.63. The fourth-order valence-electron chi connectivity index (χ4n) is 2.15. The number of ether oxygens (including phenoxy) is 1. The van der Waals surface area contributed by atoms with Crippen molar-refractivity contribution in [2.75, 3.05) is 27.2 Å². The number of hydrogen-bond donors (Lipinski definition) is 3. The highest BCUT2D eigenvalue weighted by atomic mass is 16.5. The van der Waals surface area contributed by atoms with Crippen LogP contribution in [-0.4, -0.2) is 54.5 Å². The van der Waals surface area contributed by atoms with Crippen LogP contribution < -0.4 is 9.39 Å². The zero-order chi connectivity index (χ0) is 14.7. The maximum Gasteiger partial charge on any atom is 0.522 e. The molecule has 1 aromatic rings. The molecular weight excluding hydrogens is 261 g/mol. The van der Waals surface area contributed by atoms with Crippen molar-refractivity contribution >= 4 is 7.12 Å². The minimum atomic E-state index is -1.70. The molecule has 110 valence electrons. The van der Waals surface area contributed by atoms with E-state index < -0.39 is 13.4 Å². The first-order chi connectivity index (χ1) is 9.49. The first-order valence-corrected chi connectivity index (χ1v) is 6.63. The minimum Gasteiger partial charge on any atom is -0.535 e. The van der Waals surface area contributed by atoms with Gasteiger partial charge in [0, 0.05) is 6.54 Å². The van der Waals surface area contributed by atoms with Crippen LogP contribution in [0.25, 0.3) is 0 Å². The molecule has 0 saturated heterocycles. The number of hydrogen-bond acceptors (Lipinski definition) is 6. The Morgan fingerprint density at radius 3 is 2.80 bits per heavy atom. The van der Waals surface area contributed by atoms with Crippen LogP contribution in [0.15, 0.2) is 12.1 Å². The summed E-state index contributed by atoms with van der Waals surface area (Å²) in [5.41, 5.74) is 1.03. The number of aliphatic hydroxyl groups excluding tert-OH is 1. The molecule has 20 heavy (non-hydrogen) atoms. The van der Waals surface area contributed by atoms with Crippen molar-refractivity contribution < 1.29 is 24.6 Å². The maximum absolute atomic E-state index is 9.57. The van der Waals surface area contributed by atoms with Crippen LogP contribution >= 0.6 is 0 Å². The Hall–Kier alpha value is -1.28. The van der Waals surface area contributed by atoms with Crippen molar-refractivity contribution in [3.05, 3.63) is 23.3 Å². The lowest BCUT2D eigenvalue weighted by molar-refractivity contribution is -0.0454. The van der Waals surface area contributed by atoms with Gasteiger partial charge in [-0.25, -0.2) is 0 Å². The van der Waals surface area contributed by atoms with Gasteiger partial charge in [-0.05, 0) is 38.5 Å². The van der Waals surface area contributed by atoms with Gasteiger partial charge >= 0.3 is 7.12 Å². The van der Waals surface area contributed by atoms with Gasteiger partial charge in [-0.1, -0.05) is 6.07 Å². The Labute approximate surface area is 118 Å². The van der Waals surface area contributed by atoms with Crippen LogP contribution in [0.5, 0.6) is 11.5 Å². The predicted octanol–water partition coefficient (Wildman–Crippen LogP) is 0.0256. The molecule has 0 bridgehead atoms. The van der Waals surface area contributed by atoms with E-state index >= 15 is 0 Å². The van der Waals surface area contributed by atoms with Crippen molar-refractivity contribution in [3.63, 3.8) is 0 Å². The molecular formula is C13H20BNO5. The monoisotopic (exact) mass is 281 g/mol. The number of likely N-dealkylation sites (N-methyl/N-ethyl adjacent to an activating group) is 1.